The van der Waals surface area contributed by atoms with E-state index in [2.05, 4.69) is 0 Å². The topological polar surface area (TPSA) is 38.7 Å². The van der Waals surface area contributed by atoms with Gasteiger partial charge in [-0.2, -0.15) is 0 Å². The molecule has 88 valence electrons. The summed E-state index contributed by atoms with van der Waals surface area (Å²) < 4.78 is 11.2. The highest BCUT2D eigenvalue weighted by Crippen LogP contribution is 2.32. The fourth-order valence-corrected chi connectivity index (χ4v) is 1.87. The summed E-state index contributed by atoms with van der Waals surface area (Å²) in [6.07, 6.45) is 0. The molecule has 1 aromatic carbocycles. The Bertz CT molecular complexity index is 375. The van der Waals surface area contributed by atoms with Crippen LogP contribution in [0.2, 0.25) is 0 Å². The van der Waals surface area contributed by atoms with Gasteiger partial charge in [-0.3, -0.25) is 0 Å². The predicted octanol–water partition coefficient (Wildman–Crippen LogP) is 2.57. The first-order chi connectivity index (χ1) is 7.48. The summed E-state index contributed by atoms with van der Waals surface area (Å²) in [6, 6.07) is 5.71. The highest BCUT2D eigenvalue weighted by Gasteiger charge is 2.30. The van der Waals surface area contributed by atoms with Crippen molar-refractivity contribution in [3.63, 3.8) is 0 Å². The van der Waals surface area contributed by atoms with Crippen molar-refractivity contribution in [2.75, 3.05) is 13.2 Å². The fraction of sp³-hybridized carbons (Fsp3) is 0.538. The van der Waals surface area contributed by atoms with E-state index in [0.29, 0.717) is 19.0 Å². The second kappa shape index (κ2) is 4.07. The number of phenols is 1. The van der Waals surface area contributed by atoms with E-state index in [-0.39, 0.29) is 5.92 Å². The van der Waals surface area contributed by atoms with Gasteiger partial charge in [-0.25, -0.2) is 0 Å². The Morgan fingerprint density at radius 3 is 2.44 bits per heavy atom. The van der Waals surface area contributed by atoms with Gasteiger partial charge in [0.05, 0.1) is 13.2 Å². The van der Waals surface area contributed by atoms with Crippen molar-refractivity contribution in [3.05, 3.63) is 29.3 Å². The first-order valence-corrected chi connectivity index (χ1v) is 5.55. The van der Waals surface area contributed by atoms with Crippen molar-refractivity contribution in [2.24, 2.45) is 0 Å². The van der Waals surface area contributed by atoms with Crippen LogP contribution >= 0.6 is 0 Å². The van der Waals surface area contributed by atoms with Gasteiger partial charge in [-0.05, 0) is 32.4 Å². The van der Waals surface area contributed by atoms with Gasteiger partial charge in [0.25, 0.3) is 0 Å². The highest BCUT2D eigenvalue weighted by molar-refractivity contribution is 5.38. The van der Waals surface area contributed by atoms with E-state index in [1.54, 1.807) is 6.07 Å². The smallest absolute Gasteiger partial charge is 0.162 e. The zero-order valence-electron chi connectivity index (χ0n) is 9.99. The molecule has 3 nitrogen and oxygen atoms in total. The molecular weight excluding hydrogens is 204 g/mol. The van der Waals surface area contributed by atoms with Gasteiger partial charge in [0.15, 0.2) is 5.79 Å². The maximum absolute atomic E-state index is 9.86. The number of rotatable bonds is 1. The van der Waals surface area contributed by atoms with Gasteiger partial charge in [0.1, 0.15) is 5.75 Å². The zero-order chi connectivity index (χ0) is 11.8. The van der Waals surface area contributed by atoms with Crippen molar-refractivity contribution < 1.29 is 14.6 Å². The molecule has 1 aliphatic rings. The third-order valence-electron chi connectivity index (χ3n) is 2.89. The van der Waals surface area contributed by atoms with Crippen molar-refractivity contribution in [3.8, 4) is 5.75 Å². The molecule has 0 spiro atoms. The SMILES string of the molecule is Cc1ccc(C2COC(C)(C)OC2)c(O)c1. The summed E-state index contributed by atoms with van der Waals surface area (Å²) in [5, 5.41) is 9.86. The van der Waals surface area contributed by atoms with Crippen LogP contribution in [0.25, 0.3) is 0 Å². The summed E-state index contributed by atoms with van der Waals surface area (Å²) in [6.45, 7) is 6.93. The minimum absolute atomic E-state index is 0.119. The molecule has 0 bridgehead atoms. The average Bonchev–Trinajstić information content (AvgIpc) is 2.19. The number of aryl methyl sites for hydroxylation is 1. The molecule has 0 radical (unpaired) electrons. The minimum atomic E-state index is -0.503. The molecule has 0 aromatic heterocycles. The van der Waals surface area contributed by atoms with E-state index < -0.39 is 5.79 Å². The summed E-state index contributed by atoms with van der Waals surface area (Å²) in [7, 11) is 0. The number of ether oxygens (including phenoxy) is 2. The first-order valence-electron chi connectivity index (χ1n) is 5.55. The lowest BCUT2D eigenvalue weighted by molar-refractivity contribution is -0.251. The molecule has 1 saturated heterocycles. The molecule has 3 heteroatoms. The molecule has 1 aromatic rings. The highest BCUT2D eigenvalue weighted by atomic mass is 16.7. The molecule has 0 atom stereocenters. The maximum atomic E-state index is 9.86. The summed E-state index contributed by atoms with van der Waals surface area (Å²) in [4.78, 5) is 0. The lowest BCUT2D eigenvalue weighted by Crippen LogP contribution is -2.38. The molecule has 0 amide bonds. The quantitative estimate of drug-likeness (QED) is 0.793. The van der Waals surface area contributed by atoms with Crippen molar-refractivity contribution >= 4 is 0 Å². The Morgan fingerprint density at radius 1 is 1.25 bits per heavy atom. The Morgan fingerprint density at radius 2 is 1.88 bits per heavy atom. The third kappa shape index (κ3) is 2.36. The van der Waals surface area contributed by atoms with E-state index in [1.165, 1.54) is 0 Å². The van der Waals surface area contributed by atoms with Crippen LogP contribution in [-0.2, 0) is 9.47 Å². The number of phenolic OH excluding ortho intramolecular Hbond substituents is 1. The van der Waals surface area contributed by atoms with E-state index in [9.17, 15) is 5.11 Å². The molecule has 1 heterocycles. The summed E-state index contributed by atoms with van der Waals surface area (Å²) >= 11 is 0. The lowest BCUT2D eigenvalue weighted by atomic mass is 9.97. The average molecular weight is 222 g/mol. The Kier molecular flexibility index (Phi) is 2.91. The largest absolute Gasteiger partial charge is 0.508 e. The Hall–Kier alpha value is -1.06. The number of aromatic hydroxyl groups is 1. The van der Waals surface area contributed by atoms with Gasteiger partial charge in [0, 0.05) is 11.5 Å². The molecular formula is C13H18O3. The van der Waals surface area contributed by atoms with Crippen molar-refractivity contribution in [1.82, 2.24) is 0 Å². The number of hydrogen-bond acceptors (Lipinski definition) is 3. The molecule has 1 aliphatic heterocycles. The lowest BCUT2D eigenvalue weighted by Gasteiger charge is -2.35. The van der Waals surface area contributed by atoms with Crippen molar-refractivity contribution in [2.45, 2.75) is 32.5 Å². The molecule has 2 rings (SSSR count). The predicted molar refractivity (Wildman–Crippen MR) is 61.6 cm³/mol. The zero-order valence-corrected chi connectivity index (χ0v) is 9.99. The Labute approximate surface area is 96.0 Å². The molecule has 1 fully saturated rings. The molecule has 0 aliphatic carbocycles. The number of benzene rings is 1. The standard InChI is InChI=1S/C13H18O3/c1-9-4-5-11(12(14)6-9)10-7-15-13(2,3)16-8-10/h4-6,10,14H,7-8H2,1-3H3. The van der Waals surface area contributed by atoms with E-state index in [0.717, 1.165) is 11.1 Å². The van der Waals surface area contributed by atoms with Crippen LogP contribution in [0.5, 0.6) is 5.75 Å². The molecule has 0 saturated carbocycles. The van der Waals surface area contributed by atoms with Crippen LogP contribution in [0.15, 0.2) is 18.2 Å². The number of hydrogen-bond donors (Lipinski definition) is 1. The van der Waals surface area contributed by atoms with E-state index >= 15 is 0 Å². The van der Waals surface area contributed by atoms with Gasteiger partial charge < -0.3 is 14.6 Å². The van der Waals surface area contributed by atoms with Gasteiger partial charge in [-0.1, -0.05) is 12.1 Å². The summed E-state index contributed by atoms with van der Waals surface area (Å²) in [5.41, 5.74) is 1.96. The van der Waals surface area contributed by atoms with Crippen LogP contribution in [0.4, 0.5) is 0 Å². The van der Waals surface area contributed by atoms with Gasteiger partial charge >= 0.3 is 0 Å². The second-order valence-electron chi connectivity index (χ2n) is 4.78. The van der Waals surface area contributed by atoms with E-state index in [4.69, 9.17) is 9.47 Å². The van der Waals surface area contributed by atoms with Gasteiger partial charge in [-0.15, -0.1) is 0 Å². The molecule has 16 heavy (non-hydrogen) atoms. The third-order valence-corrected chi connectivity index (χ3v) is 2.89. The van der Waals surface area contributed by atoms with Crippen LogP contribution < -0.4 is 0 Å². The van der Waals surface area contributed by atoms with E-state index in [1.807, 2.05) is 32.9 Å². The van der Waals surface area contributed by atoms with Crippen LogP contribution in [0.1, 0.15) is 30.9 Å². The fourth-order valence-electron chi connectivity index (χ4n) is 1.87. The normalized spacial score (nSPS) is 20.9. The molecule has 0 unspecified atom stereocenters. The minimum Gasteiger partial charge on any atom is -0.508 e. The monoisotopic (exact) mass is 222 g/mol. The van der Waals surface area contributed by atoms with Crippen molar-refractivity contribution in [1.29, 1.82) is 0 Å². The van der Waals surface area contributed by atoms with Crippen LogP contribution in [0, 0.1) is 6.92 Å². The Balaban J connectivity index is 2.14. The van der Waals surface area contributed by atoms with Crippen LogP contribution in [0.3, 0.4) is 0 Å². The van der Waals surface area contributed by atoms with Crippen LogP contribution in [-0.4, -0.2) is 24.1 Å². The first kappa shape index (κ1) is 11.4. The second-order valence-corrected chi connectivity index (χ2v) is 4.78. The van der Waals surface area contributed by atoms with Gasteiger partial charge in [0.2, 0.25) is 0 Å². The molecule has 1 N–H and O–H groups in total. The summed E-state index contributed by atoms with van der Waals surface area (Å²) in [5.74, 6) is -0.0536. The maximum Gasteiger partial charge on any atom is 0.162 e.